The van der Waals surface area contributed by atoms with Gasteiger partial charge in [0, 0.05) is 18.3 Å². The molecule has 5 nitrogen and oxygen atoms in total. The fraction of sp³-hybridized carbons (Fsp3) is 0.353. The number of nitrogens with one attached hydrogen (secondary N) is 1. The summed E-state index contributed by atoms with van der Waals surface area (Å²) in [5.41, 5.74) is -0.0544. The van der Waals surface area contributed by atoms with Gasteiger partial charge in [-0.05, 0) is 43.9 Å². The lowest BCUT2D eigenvalue weighted by molar-refractivity contribution is 0.0622. The quantitative estimate of drug-likeness (QED) is 0.926. The van der Waals surface area contributed by atoms with Crippen LogP contribution in [-0.4, -0.2) is 33.1 Å². The molecule has 1 unspecified atom stereocenters. The van der Waals surface area contributed by atoms with E-state index in [4.69, 9.17) is 11.6 Å². The minimum atomic E-state index is -0.479. The van der Waals surface area contributed by atoms with Crippen LogP contribution >= 0.6 is 11.6 Å². The van der Waals surface area contributed by atoms with Crippen LogP contribution < -0.4 is 5.43 Å². The molecule has 0 radical (unpaired) electrons. The normalized spacial score (nSPS) is 20.4. The van der Waals surface area contributed by atoms with E-state index in [0.29, 0.717) is 13.0 Å². The Bertz CT molecular complexity index is 839. The van der Waals surface area contributed by atoms with E-state index in [0.717, 1.165) is 24.6 Å². The molecule has 1 amide bonds. The van der Waals surface area contributed by atoms with Gasteiger partial charge in [-0.2, -0.15) is 5.10 Å². The largest absolute Gasteiger partial charge is 0.333 e. The molecular formula is C17H17ClFN3O2. The van der Waals surface area contributed by atoms with Crippen LogP contribution in [0.3, 0.4) is 0 Å². The molecule has 3 rings (SSSR count). The van der Waals surface area contributed by atoms with Crippen molar-refractivity contribution in [3.8, 4) is 0 Å². The van der Waals surface area contributed by atoms with E-state index < -0.39 is 16.8 Å². The highest BCUT2D eigenvalue weighted by Gasteiger charge is 2.40. The van der Waals surface area contributed by atoms with Crippen molar-refractivity contribution in [2.24, 2.45) is 0 Å². The van der Waals surface area contributed by atoms with Crippen molar-refractivity contribution in [3.63, 3.8) is 0 Å². The van der Waals surface area contributed by atoms with Gasteiger partial charge < -0.3 is 4.90 Å². The zero-order valence-electron chi connectivity index (χ0n) is 13.2. The monoisotopic (exact) mass is 349 g/mol. The molecule has 1 aromatic carbocycles. The molecule has 0 saturated carbocycles. The topological polar surface area (TPSA) is 66.1 Å². The number of amides is 1. The van der Waals surface area contributed by atoms with Gasteiger partial charge in [-0.25, -0.2) is 4.39 Å². The van der Waals surface area contributed by atoms with E-state index in [1.807, 2.05) is 6.92 Å². The maximum absolute atomic E-state index is 13.7. The number of carbonyl (C=O) groups is 1. The first kappa shape index (κ1) is 16.6. The highest BCUT2D eigenvalue weighted by molar-refractivity contribution is 6.30. The predicted molar refractivity (Wildman–Crippen MR) is 88.6 cm³/mol. The van der Waals surface area contributed by atoms with Gasteiger partial charge in [0.1, 0.15) is 11.4 Å². The van der Waals surface area contributed by atoms with Crippen molar-refractivity contribution >= 4 is 17.5 Å². The van der Waals surface area contributed by atoms with Gasteiger partial charge in [0.15, 0.2) is 0 Å². The third-order valence-corrected chi connectivity index (χ3v) is 4.83. The van der Waals surface area contributed by atoms with Gasteiger partial charge in [0.2, 0.25) is 5.43 Å². The van der Waals surface area contributed by atoms with Crippen LogP contribution in [0.4, 0.5) is 4.39 Å². The van der Waals surface area contributed by atoms with Crippen molar-refractivity contribution < 1.29 is 9.18 Å². The summed E-state index contributed by atoms with van der Waals surface area (Å²) in [7, 11) is 0. The summed E-state index contributed by atoms with van der Waals surface area (Å²) >= 11 is 5.72. The number of likely N-dealkylation sites (tertiary alicyclic amines) is 1. The summed E-state index contributed by atoms with van der Waals surface area (Å²) in [6, 6.07) is 4.68. The van der Waals surface area contributed by atoms with Gasteiger partial charge in [0.05, 0.1) is 11.2 Å². The summed E-state index contributed by atoms with van der Waals surface area (Å²) < 4.78 is 13.7. The van der Waals surface area contributed by atoms with Gasteiger partial charge in [0.25, 0.3) is 5.91 Å². The van der Waals surface area contributed by atoms with Crippen LogP contribution in [0.15, 0.2) is 35.4 Å². The average Bonchev–Trinajstić information content (AvgIpc) is 2.92. The molecule has 2 heterocycles. The Morgan fingerprint density at radius 1 is 1.50 bits per heavy atom. The highest BCUT2D eigenvalue weighted by Crippen LogP contribution is 2.33. The lowest BCUT2D eigenvalue weighted by Crippen LogP contribution is -2.47. The number of aromatic amines is 1. The second-order valence-electron chi connectivity index (χ2n) is 6.29. The summed E-state index contributed by atoms with van der Waals surface area (Å²) in [6.45, 7) is 2.52. The predicted octanol–water partition coefficient (Wildman–Crippen LogP) is 2.80. The van der Waals surface area contributed by atoms with Crippen LogP contribution in [0.2, 0.25) is 5.02 Å². The molecule has 0 bridgehead atoms. The van der Waals surface area contributed by atoms with Crippen LogP contribution in [-0.2, 0) is 6.42 Å². The minimum absolute atomic E-state index is 0.0698. The Kier molecular flexibility index (Phi) is 4.41. The first-order chi connectivity index (χ1) is 11.4. The molecule has 2 aromatic rings. The highest BCUT2D eigenvalue weighted by atomic mass is 35.5. The Morgan fingerprint density at radius 2 is 2.29 bits per heavy atom. The van der Waals surface area contributed by atoms with E-state index in [1.165, 1.54) is 18.3 Å². The lowest BCUT2D eigenvalue weighted by Gasteiger charge is -2.35. The minimum Gasteiger partial charge on any atom is -0.333 e. The van der Waals surface area contributed by atoms with Gasteiger partial charge in [-0.1, -0.05) is 17.7 Å². The summed E-state index contributed by atoms with van der Waals surface area (Å²) in [5.74, 6) is -0.799. The molecule has 126 valence electrons. The molecule has 0 aliphatic carbocycles. The number of benzene rings is 1. The van der Waals surface area contributed by atoms with Crippen LogP contribution in [0, 0.1) is 5.82 Å². The molecule has 1 aliphatic heterocycles. The molecule has 1 saturated heterocycles. The van der Waals surface area contributed by atoms with Crippen LogP contribution in [0.25, 0.3) is 0 Å². The second kappa shape index (κ2) is 6.36. The van der Waals surface area contributed by atoms with Gasteiger partial charge >= 0.3 is 0 Å². The molecule has 1 aromatic heterocycles. The average molecular weight is 350 g/mol. The third-order valence-electron chi connectivity index (χ3n) is 4.52. The Balaban J connectivity index is 1.88. The first-order valence-electron chi connectivity index (χ1n) is 7.70. The molecule has 1 fully saturated rings. The number of carbonyl (C=O) groups excluding carboxylic acids is 1. The van der Waals surface area contributed by atoms with Gasteiger partial charge in [-0.15, -0.1) is 0 Å². The smallest absolute Gasteiger partial charge is 0.259 e. The number of halogens is 2. The lowest BCUT2D eigenvalue weighted by atomic mass is 9.89. The van der Waals surface area contributed by atoms with Crippen molar-refractivity contribution in [1.82, 2.24) is 15.1 Å². The van der Waals surface area contributed by atoms with Crippen molar-refractivity contribution in [3.05, 3.63) is 62.8 Å². The zero-order chi connectivity index (χ0) is 17.3. The number of hydrogen-bond donors (Lipinski definition) is 1. The van der Waals surface area contributed by atoms with Crippen LogP contribution in [0.1, 0.15) is 35.7 Å². The number of aromatic nitrogens is 2. The van der Waals surface area contributed by atoms with E-state index in [1.54, 1.807) is 11.0 Å². The van der Waals surface area contributed by atoms with E-state index in [9.17, 15) is 14.0 Å². The number of nitrogens with zero attached hydrogens (tertiary/aromatic N) is 2. The summed E-state index contributed by atoms with van der Waals surface area (Å²) in [4.78, 5) is 26.4. The molecular weight excluding hydrogens is 333 g/mol. The zero-order valence-corrected chi connectivity index (χ0v) is 13.9. The molecule has 24 heavy (non-hydrogen) atoms. The molecule has 7 heteroatoms. The number of rotatable bonds is 3. The van der Waals surface area contributed by atoms with Crippen molar-refractivity contribution in [2.75, 3.05) is 6.54 Å². The molecule has 1 atom stereocenters. The fourth-order valence-corrected chi connectivity index (χ4v) is 3.41. The number of hydrogen-bond acceptors (Lipinski definition) is 3. The van der Waals surface area contributed by atoms with Crippen molar-refractivity contribution in [2.45, 2.75) is 31.7 Å². The fourth-order valence-electron chi connectivity index (χ4n) is 3.29. The van der Waals surface area contributed by atoms with Gasteiger partial charge in [-0.3, -0.25) is 14.7 Å². The molecule has 1 N–H and O–H groups in total. The Morgan fingerprint density at radius 3 is 3.00 bits per heavy atom. The maximum atomic E-state index is 13.7. The summed E-state index contributed by atoms with van der Waals surface area (Å²) in [5, 5.41) is 6.22. The van der Waals surface area contributed by atoms with E-state index >= 15 is 0 Å². The molecule has 0 spiro atoms. The van der Waals surface area contributed by atoms with E-state index in [2.05, 4.69) is 10.2 Å². The Labute approximate surface area is 143 Å². The second-order valence-corrected chi connectivity index (χ2v) is 6.70. The standard InChI is InChI=1S/C17H17ClFN3O2/c1-17(8-11-3-4-13(18)14(19)7-11)5-2-6-22(17)16(24)12-9-20-21-10-15(12)23/h3-4,7,9-10H,2,5-6,8H2,1H3,(H,20,23). The summed E-state index contributed by atoms with van der Waals surface area (Å²) in [6.07, 6.45) is 4.53. The molecule has 1 aliphatic rings. The SMILES string of the molecule is CC1(Cc2ccc(Cl)c(F)c2)CCCN1C(=O)c1c[nH]ncc1=O. The maximum Gasteiger partial charge on any atom is 0.259 e. The van der Waals surface area contributed by atoms with Crippen LogP contribution in [0.5, 0.6) is 0 Å². The Hall–Kier alpha value is -2.21. The number of H-pyrrole nitrogens is 1. The first-order valence-corrected chi connectivity index (χ1v) is 8.07. The van der Waals surface area contributed by atoms with E-state index in [-0.39, 0.29) is 16.5 Å². The third kappa shape index (κ3) is 3.06. The van der Waals surface area contributed by atoms with Crippen molar-refractivity contribution in [1.29, 1.82) is 0 Å².